The van der Waals surface area contributed by atoms with Crippen molar-refractivity contribution in [3.8, 4) is 0 Å². The van der Waals surface area contributed by atoms with Crippen molar-refractivity contribution < 1.29 is 9.47 Å². The molecule has 0 spiro atoms. The van der Waals surface area contributed by atoms with Gasteiger partial charge in [-0.05, 0) is 22.8 Å². The standard InChI is InChI=1S/C18H18O2/c1-3-7-15(8-4-1)12-19-13-16-11-18(20-14-16)17-9-5-2-6-10-17/h1-11,18H,12-14H2. The maximum absolute atomic E-state index is 5.78. The van der Waals surface area contributed by atoms with Crippen LogP contribution in [0.15, 0.2) is 72.3 Å². The Morgan fingerprint density at radius 2 is 1.60 bits per heavy atom. The van der Waals surface area contributed by atoms with Crippen LogP contribution < -0.4 is 0 Å². The molecule has 2 aromatic rings. The molecule has 0 radical (unpaired) electrons. The van der Waals surface area contributed by atoms with Crippen LogP contribution in [0.2, 0.25) is 0 Å². The SMILES string of the molecule is C1=C(COCc2ccccc2)COC1c1ccccc1. The lowest BCUT2D eigenvalue weighted by molar-refractivity contribution is 0.107. The van der Waals surface area contributed by atoms with Crippen LogP contribution in [-0.4, -0.2) is 13.2 Å². The maximum Gasteiger partial charge on any atom is 0.101 e. The van der Waals surface area contributed by atoms with E-state index in [0.29, 0.717) is 19.8 Å². The molecule has 0 saturated heterocycles. The second-order valence-corrected chi connectivity index (χ2v) is 4.95. The first-order chi connectivity index (χ1) is 9.92. The van der Waals surface area contributed by atoms with Crippen molar-refractivity contribution in [2.45, 2.75) is 12.7 Å². The van der Waals surface area contributed by atoms with Crippen molar-refractivity contribution in [1.29, 1.82) is 0 Å². The molecule has 1 aliphatic heterocycles. The van der Waals surface area contributed by atoms with Gasteiger partial charge in [0.15, 0.2) is 0 Å². The largest absolute Gasteiger partial charge is 0.372 e. The first-order valence-corrected chi connectivity index (χ1v) is 6.89. The van der Waals surface area contributed by atoms with E-state index in [1.54, 1.807) is 0 Å². The van der Waals surface area contributed by atoms with Crippen LogP contribution >= 0.6 is 0 Å². The van der Waals surface area contributed by atoms with Gasteiger partial charge in [-0.25, -0.2) is 0 Å². The van der Waals surface area contributed by atoms with Crippen molar-refractivity contribution in [1.82, 2.24) is 0 Å². The van der Waals surface area contributed by atoms with Gasteiger partial charge < -0.3 is 9.47 Å². The number of ether oxygens (including phenoxy) is 2. The molecule has 0 amide bonds. The first-order valence-electron chi connectivity index (χ1n) is 6.89. The third-order valence-corrected chi connectivity index (χ3v) is 3.36. The molecule has 0 aromatic heterocycles. The summed E-state index contributed by atoms with van der Waals surface area (Å²) >= 11 is 0. The molecule has 102 valence electrons. The number of hydrogen-bond acceptors (Lipinski definition) is 2. The second kappa shape index (κ2) is 6.51. The second-order valence-electron chi connectivity index (χ2n) is 4.95. The quantitative estimate of drug-likeness (QED) is 0.764. The van der Waals surface area contributed by atoms with Crippen LogP contribution in [0.25, 0.3) is 0 Å². The minimum atomic E-state index is 0.0755. The van der Waals surface area contributed by atoms with Gasteiger partial charge in [-0.2, -0.15) is 0 Å². The third kappa shape index (κ3) is 3.35. The van der Waals surface area contributed by atoms with E-state index in [1.165, 1.54) is 16.7 Å². The highest BCUT2D eigenvalue weighted by atomic mass is 16.5. The predicted octanol–water partition coefficient (Wildman–Crippen LogP) is 3.90. The Bertz CT molecular complexity index is 560. The van der Waals surface area contributed by atoms with Gasteiger partial charge >= 0.3 is 0 Å². The molecule has 1 unspecified atom stereocenters. The van der Waals surface area contributed by atoms with Gasteiger partial charge in [-0.15, -0.1) is 0 Å². The Balaban J connectivity index is 1.52. The summed E-state index contributed by atoms with van der Waals surface area (Å²) in [5.74, 6) is 0. The summed E-state index contributed by atoms with van der Waals surface area (Å²) in [7, 11) is 0. The summed E-state index contributed by atoms with van der Waals surface area (Å²) in [4.78, 5) is 0. The van der Waals surface area contributed by atoms with E-state index in [9.17, 15) is 0 Å². The van der Waals surface area contributed by atoms with Crippen molar-refractivity contribution in [2.75, 3.05) is 13.2 Å². The lowest BCUT2D eigenvalue weighted by Gasteiger charge is -2.06. The fourth-order valence-electron chi connectivity index (χ4n) is 2.31. The summed E-state index contributed by atoms with van der Waals surface area (Å²) in [6, 6.07) is 20.5. The summed E-state index contributed by atoms with van der Waals surface area (Å²) < 4.78 is 11.5. The van der Waals surface area contributed by atoms with Crippen LogP contribution in [-0.2, 0) is 16.1 Å². The van der Waals surface area contributed by atoms with Gasteiger partial charge in [-0.1, -0.05) is 60.7 Å². The minimum absolute atomic E-state index is 0.0755. The van der Waals surface area contributed by atoms with E-state index >= 15 is 0 Å². The molecule has 2 heteroatoms. The van der Waals surface area contributed by atoms with Crippen molar-refractivity contribution in [3.63, 3.8) is 0 Å². The zero-order valence-corrected chi connectivity index (χ0v) is 11.4. The topological polar surface area (TPSA) is 18.5 Å². The smallest absolute Gasteiger partial charge is 0.101 e. The van der Waals surface area contributed by atoms with Crippen molar-refractivity contribution in [3.05, 3.63) is 83.4 Å². The van der Waals surface area contributed by atoms with Gasteiger partial charge in [0.05, 0.1) is 19.8 Å². The number of rotatable bonds is 5. The number of benzene rings is 2. The number of hydrogen-bond donors (Lipinski definition) is 0. The molecule has 3 rings (SSSR count). The molecule has 0 aliphatic carbocycles. The Labute approximate surface area is 119 Å². The first kappa shape index (κ1) is 13.1. The summed E-state index contributed by atoms with van der Waals surface area (Å²) in [5.41, 5.74) is 3.62. The molecule has 1 heterocycles. The maximum atomic E-state index is 5.78. The van der Waals surface area contributed by atoms with Crippen LogP contribution in [0.3, 0.4) is 0 Å². The molecule has 2 aromatic carbocycles. The minimum Gasteiger partial charge on any atom is -0.372 e. The van der Waals surface area contributed by atoms with E-state index in [-0.39, 0.29) is 6.10 Å². The highest BCUT2D eigenvalue weighted by Gasteiger charge is 2.17. The fourth-order valence-corrected chi connectivity index (χ4v) is 2.31. The highest BCUT2D eigenvalue weighted by Crippen LogP contribution is 2.26. The predicted molar refractivity (Wildman–Crippen MR) is 79.3 cm³/mol. The molecular formula is C18H18O2. The lowest BCUT2D eigenvalue weighted by Crippen LogP contribution is -2.00. The van der Waals surface area contributed by atoms with Crippen LogP contribution in [0.5, 0.6) is 0 Å². The van der Waals surface area contributed by atoms with Gasteiger partial charge in [-0.3, -0.25) is 0 Å². The van der Waals surface area contributed by atoms with Gasteiger partial charge in [0, 0.05) is 0 Å². The molecular weight excluding hydrogens is 248 g/mol. The average molecular weight is 266 g/mol. The molecule has 1 aliphatic rings. The monoisotopic (exact) mass is 266 g/mol. The summed E-state index contributed by atoms with van der Waals surface area (Å²) in [6.07, 6.45) is 2.24. The fraction of sp³-hybridized carbons (Fsp3) is 0.222. The van der Waals surface area contributed by atoms with Gasteiger partial charge in [0.2, 0.25) is 0 Å². The van der Waals surface area contributed by atoms with E-state index in [0.717, 1.165) is 0 Å². The highest BCUT2D eigenvalue weighted by molar-refractivity contribution is 5.26. The van der Waals surface area contributed by atoms with E-state index in [2.05, 4.69) is 30.3 Å². The van der Waals surface area contributed by atoms with Crippen LogP contribution in [0.4, 0.5) is 0 Å². The van der Waals surface area contributed by atoms with Gasteiger partial charge in [0.25, 0.3) is 0 Å². The van der Waals surface area contributed by atoms with E-state index in [4.69, 9.17) is 9.47 Å². The zero-order valence-electron chi connectivity index (χ0n) is 11.4. The summed E-state index contributed by atoms with van der Waals surface area (Å²) in [6.45, 7) is 1.95. The zero-order chi connectivity index (χ0) is 13.6. The van der Waals surface area contributed by atoms with E-state index in [1.807, 2.05) is 36.4 Å². The van der Waals surface area contributed by atoms with Gasteiger partial charge in [0.1, 0.15) is 6.10 Å². The van der Waals surface area contributed by atoms with E-state index < -0.39 is 0 Å². The molecule has 0 saturated carbocycles. The molecule has 0 fully saturated rings. The Morgan fingerprint density at radius 1 is 0.900 bits per heavy atom. The molecule has 0 bridgehead atoms. The van der Waals surface area contributed by atoms with Crippen molar-refractivity contribution >= 4 is 0 Å². The Kier molecular flexibility index (Phi) is 4.26. The normalized spacial score (nSPS) is 18.0. The van der Waals surface area contributed by atoms with Crippen molar-refractivity contribution in [2.24, 2.45) is 0 Å². The molecule has 1 atom stereocenters. The molecule has 2 nitrogen and oxygen atoms in total. The average Bonchev–Trinajstić information content (AvgIpc) is 2.98. The molecule has 20 heavy (non-hydrogen) atoms. The summed E-state index contributed by atoms with van der Waals surface area (Å²) in [5, 5.41) is 0. The van der Waals surface area contributed by atoms with Crippen LogP contribution in [0.1, 0.15) is 17.2 Å². The molecule has 0 N–H and O–H groups in total. The van der Waals surface area contributed by atoms with Crippen LogP contribution in [0, 0.1) is 0 Å². The Hall–Kier alpha value is -1.90. The Morgan fingerprint density at radius 3 is 2.35 bits per heavy atom. The lowest BCUT2D eigenvalue weighted by atomic mass is 10.1. The third-order valence-electron chi connectivity index (χ3n) is 3.36.